The highest BCUT2D eigenvalue weighted by Gasteiger charge is 2.44. The third-order valence-electron chi connectivity index (χ3n) is 3.21. The Morgan fingerprint density at radius 1 is 1.35 bits per heavy atom. The van der Waals surface area contributed by atoms with Crippen LogP contribution in [0.4, 0.5) is 5.82 Å². The molecule has 0 aromatic carbocycles. The number of aromatic nitrogens is 4. The Morgan fingerprint density at radius 3 is 2.75 bits per heavy atom. The van der Waals surface area contributed by atoms with Crippen LogP contribution in [-0.4, -0.2) is 59.8 Å². The van der Waals surface area contributed by atoms with Crippen LogP contribution in [0.15, 0.2) is 6.33 Å². The van der Waals surface area contributed by atoms with E-state index in [-0.39, 0.29) is 5.82 Å². The van der Waals surface area contributed by atoms with Gasteiger partial charge >= 0.3 is 0 Å². The van der Waals surface area contributed by atoms with Crippen LogP contribution in [0.25, 0.3) is 11.2 Å². The van der Waals surface area contributed by atoms with Gasteiger partial charge in [0.1, 0.15) is 23.8 Å². The molecule has 3 heterocycles. The highest BCUT2D eigenvalue weighted by atomic mass is 127. The molecule has 1 saturated heterocycles. The van der Waals surface area contributed by atoms with Crippen molar-refractivity contribution in [1.82, 2.24) is 19.5 Å². The van der Waals surface area contributed by atoms with Crippen molar-refractivity contribution < 1.29 is 20.1 Å². The highest BCUT2D eigenvalue weighted by molar-refractivity contribution is 14.1. The average Bonchev–Trinajstić information content (AvgIpc) is 2.93. The maximum atomic E-state index is 10.0. The second-order valence-electron chi connectivity index (χ2n) is 4.43. The van der Waals surface area contributed by atoms with E-state index in [9.17, 15) is 10.2 Å². The number of hydrogen-bond donors (Lipinski definition) is 4. The number of nitrogen functional groups attached to an aromatic ring is 1. The molecule has 0 spiro atoms. The number of imidazole rings is 1. The number of aliphatic hydroxyl groups is 3. The number of anilines is 1. The van der Waals surface area contributed by atoms with Crippen molar-refractivity contribution in [2.45, 2.75) is 24.5 Å². The van der Waals surface area contributed by atoms with Gasteiger partial charge in [-0.05, 0) is 0 Å². The van der Waals surface area contributed by atoms with Gasteiger partial charge in [0.15, 0.2) is 21.5 Å². The fourth-order valence-electron chi connectivity index (χ4n) is 2.21. The minimum absolute atomic E-state index is 0.227. The molecule has 2 aromatic heterocycles. The molecule has 1 fully saturated rings. The SMILES string of the molecule is Nc1nc(I)nc2c1ncn2[C@H]1O[C@@H](CO)[C@H](O)[C@@H]1O. The molecule has 2 aromatic rings. The summed E-state index contributed by atoms with van der Waals surface area (Å²) in [6, 6.07) is 0. The zero-order valence-corrected chi connectivity index (χ0v) is 12.2. The lowest BCUT2D eigenvalue weighted by Crippen LogP contribution is -2.33. The van der Waals surface area contributed by atoms with E-state index < -0.39 is 31.1 Å². The number of fused-ring (bicyclic) bond motifs is 1. The summed E-state index contributed by atoms with van der Waals surface area (Å²) in [4.78, 5) is 12.3. The summed E-state index contributed by atoms with van der Waals surface area (Å²) in [7, 11) is 0. The minimum atomic E-state index is -1.20. The second kappa shape index (κ2) is 5.04. The molecular weight excluding hydrogens is 381 g/mol. The molecule has 10 heteroatoms. The molecule has 0 amide bonds. The first-order chi connectivity index (χ1) is 9.52. The van der Waals surface area contributed by atoms with Crippen LogP contribution in [0, 0.1) is 3.83 Å². The highest BCUT2D eigenvalue weighted by Crippen LogP contribution is 2.31. The molecule has 0 saturated carbocycles. The van der Waals surface area contributed by atoms with E-state index in [4.69, 9.17) is 15.6 Å². The number of halogens is 1. The van der Waals surface area contributed by atoms with Gasteiger partial charge in [0, 0.05) is 22.6 Å². The van der Waals surface area contributed by atoms with Gasteiger partial charge in [-0.25, -0.2) is 15.0 Å². The third kappa shape index (κ3) is 2.03. The van der Waals surface area contributed by atoms with E-state index in [0.29, 0.717) is 15.0 Å². The third-order valence-corrected chi connectivity index (χ3v) is 3.69. The van der Waals surface area contributed by atoms with Crippen LogP contribution in [-0.2, 0) is 4.74 Å². The zero-order chi connectivity index (χ0) is 14.4. The summed E-state index contributed by atoms with van der Waals surface area (Å²) >= 11 is 1.92. The van der Waals surface area contributed by atoms with Crippen LogP contribution in [0.3, 0.4) is 0 Å². The summed E-state index contributed by atoms with van der Waals surface area (Å²) in [5.41, 5.74) is 6.55. The Bertz CT molecular complexity index is 650. The maximum absolute atomic E-state index is 10.0. The standard InChI is InChI=1S/C10H12IN5O4/c11-10-14-7(12)4-8(15-10)16(2-13-4)9-6(19)5(18)3(1-17)20-9/h2-3,5-6,9,17-19H,1H2,(H2,12,14,15)/t3-,5-,6-,9-/m0/s1. The number of hydrogen-bond acceptors (Lipinski definition) is 8. The number of rotatable bonds is 2. The van der Waals surface area contributed by atoms with Gasteiger partial charge in [-0.3, -0.25) is 4.57 Å². The summed E-state index contributed by atoms with van der Waals surface area (Å²) in [6.45, 7) is -0.393. The average molecular weight is 393 g/mol. The number of nitrogens with zero attached hydrogens (tertiary/aromatic N) is 4. The predicted molar refractivity (Wildman–Crippen MR) is 75.5 cm³/mol. The van der Waals surface area contributed by atoms with E-state index in [1.807, 2.05) is 22.6 Å². The molecule has 1 aliphatic heterocycles. The lowest BCUT2D eigenvalue weighted by Gasteiger charge is -2.16. The van der Waals surface area contributed by atoms with Gasteiger partial charge in [0.25, 0.3) is 0 Å². The molecule has 1 aliphatic rings. The smallest absolute Gasteiger partial charge is 0.194 e. The van der Waals surface area contributed by atoms with E-state index in [0.717, 1.165) is 0 Å². The first-order valence-electron chi connectivity index (χ1n) is 5.81. The molecule has 0 unspecified atom stereocenters. The topological polar surface area (TPSA) is 140 Å². The molecule has 0 bridgehead atoms. The van der Waals surface area contributed by atoms with E-state index >= 15 is 0 Å². The van der Waals surface area contributed by atoms with Crippen LogP contribution in [0.5, 0.6) is 0 Å². The fraction of sp³-hybridized carbons (Fsp3) is 0.500. The molecule has 3 rings (SSSR count). The van der Waals surface area contributed by atoms with Crippen molar-refractivity contribution >= 4 is 39.6 Å². The van der Waals surface area contributed by atoms with Gasteiger partial charge in [-0.2, -0.15) is 0 Å². The predicted octanol–water partition coefficient (Wildman–Crippen LogP) is -1.38. The van der Waals surface area contributed by atoms with Crippen molar-refractivity contribution in [3.63, 3.8) is 0 Å². The molecule has 108 valence electrons. The van der Waals surface area contributed by atoms with Crippen LogP contribution >= 0.6 is 22.6 Å². The van der Waals surface area contributed by atoms with Crippen molar-refractivity contribution in [3.05, 3.63) is 10.2 Å². The quantitative estimate of drug-likeness (QED) is 0.362. The van der Waals surface area contributed by atoms with Gasteiger partial charge in [-0.1, -0.05) is 0 Å². The Balaban J connectivity index is 2.07. The molecule has 0 radical (unpaired) electrons. The summed E-state index contributed by atoms with van der Waals surface area (Å²) in [5, 5.41) is 28.9. The molecule has 9 nitrogen and oxygen atoms in total. The van der Waals surface area contributed by atoms with Crippen LogP contribution in [0.1, 0.15) is 6.23 Å². The molecule has 5 N–H and O–H groups in total. The van der Waals surface area contributed by atoms with Crippen LogP contribution in [0.2, 0.25) is 0 Å². The van der Waals surface area contributed by atoms with Gasteiger partial charge in [0.05, 0.1) is 12.9 Å². The van der Waals surface area contributed by atoms with Crippen molar-refractivity contribution in [2.75, 3.05) is 12.3 Å². The van der Waals surface area contributed by atoms with Crippen molar-refractivity contribution in [2.24, 2.45) is 0 Å². The minimum Gasteiger partial charge on any atom is -0.394 e. The first-order valence-corrected chi connectivity index (χ1v) is 6.88. The van der Waals surface area contributed by atoms with Crippen LogP contribution < -0.4 is 5.73 Å². The maximum Gasteiger partial charge on any atom is 0.194 e. The zero-order valence-electron chi connectivity index (χ0n) is 10.1. The Morgan fingerprint density at radius 2 is 2.10 bits per heavy atom. The lowest BCUT2D eigenvalue weighted by molar-refractivity contribution is -0.0511. The molecular formula is C10H12IN5O4. The number of nitrogens with two attached hydrogens (primary N) is 1. The Hall–Kier alpha value is -1.08. The monoisotopic (exact) mass is 393 g/mol. The summed E-state index contributed by atoms with van der Waals surface area (Å²) in [6.07, 6.45) is -2.71. The van der Waals surface area contributed by atoms with E-state index in [1.54, 1.807) is 0 Å². The normalized spacial score (nSPS) is 30.2. The summed E-state index contributed by atoms with van der Waals surface area (Å²) < 4.78 is 7.34. The molecule has 0 aliphatic carbocycles. The number of aliphatic hydroxyl groups excluding tert-OH is 3. The lowest BCUT2D eigenvalue weighted by atomic mass is 10.1. The van der Waals surface area contributed by atoms with Crippen molar-refractivity contribution in [1.29, 1.82) is 0 Å². The van der Waals surface area contributed by atoms with Gasteiger partial charge in [-0.15, -0.1) is 0 Å². The second-order valence-corrected chi connectivity index (χ2v) is 5.40. The largest absolute Gasteiger partial charge is 0.394 e. The fourth-order valence-corrected chi connectivity index (χ4v) is 2.70. The van der Waals surface area contributed by atoms with Gasteiger partial charge in [0.2, 0.25) is 0 Å². The first kappa shape index (κ1) is 13.9. The van der Waals surface area contributed by atoms with E-state index in [2.05, 4.69) is 15.0 Å². The number of ether oxygens (including phenoxy) is 1. The Labute approximate surface area is 126 Å². The summed E-state index contributed by atoms with van der Waals surface area (Å²) in [5.74, 6) is 0.227. The van der Waals surface area contributed by atoms with Gasteiger partial charge < -0.3 is 25.8 Å². The van der Waals surface area contributed by atoms with E-state index in [1.165, 1.54) is 10.9 Å². The molecule has 20 heavy (non-hydrogen) atoms. The van der Waals surface area contributed by atoms with Crippen molar-refractivity contribution in [3.8, 4) is 0 Å². The molecule has 4 atom stereocenters. The Kier molecular flexibility index (Phi) is 3.50.